The van der Waals surface area contributed by atoms with Crippen LogP contribution in [0.15, 0.2) is 162 Å². The van der Waals surface area contributed by atoms with Gasteiger partial charge in [0.15, 0.2) is 0 Å². The fourth-order valence-electron chi connectivity index (χ4n) is 7.92. The summed E-state index contributed by atoms with van der Waals surface area (Å²) in [6.45, 7) is 4.33. The second-order valence-corrected chi connectivity index (χ2v) is 13.7. The third-order valence-corrected chi connectivity index (χ3v) is 10.8. The maximum absolute atomic E-state index is 4.00. The summed E-state index contributed by atoms with van der Waals surface area (Å²) in [5.41, 5.74) is 15.9. The highest BCUT2D eigenvalue weighted by Gasteiger charge is 2.46. The second-order valence-electron chi connectivity index (χ2n) is 12.8. The normalized spacial score (nSPS) is 13.2. The Morgan fingerprint density at radius 1 is 0.489 bits per heavy atom. The Morgan fingerprint density at radius 2 is 1.11 bits per heavy atom. The molecule has 1 aliphatic carbocycles. The van der Waals surface area contributed by atoms with Crippen LogP contribution >= 0.6 is 15.9 Å². The molecule has 0 saturated carbocycles. The molecule has 224 valence electrons. The molecular formula is C45H32BrN. The minimum absolute atomic E-state index is 0.429. The largest absolute Gasteiger partial charge is 0.309 e. The van der Waals surface area contributed by atoms with Crippen LogP contribution < -0.4 is 0 Å². The number of para-hydroxylation sites is 2. The number of hydrogen-bond donors (Lipinski definition) is 0. The molecule has 0 saturated heterocycles. The molecule has 0 radical (unpaired) electrons. The van der Waals surface area contributed by atoms with Crippen LogP contribution in [-0.2, 0) is 5.41 Å². The maximum atomic E-state index is 4.00. The molecule has 1 aromatic heterocycles. The van der Waals surface area contributed by atoms with Gasteiger partial charge < -0.3 is 4.57 Å². The molecule has 1 nitrogen and oxygen atoms in total. The van der Waals surface area contributed by atoms with E-state index < -0.39 is 5.41 Å². The van der Waals surface area contributed by atoms with E-state index in [2.05, 4.69) is 192 Å². The lowest BCUT2D eigenvalue weighted by atomic mass is 9.67. The van der Waals surface area contributed by atoms with Gasteiger partial charge in [0.25, 0.3) is 0 Å². The van der Waals surface area contributed by atoms with Crippen molar-refractivity contribution in [3.8, 4) is 27.9 Å². The quantitative estimate of drug-likeness (QED) is 0.176. The van der Waals surface area contributed by atoms with Crippen molar-refractivity contribution in [1.29, 1.82) is 0 Å². The molecule has 8 aromatic rings. The highest BCUT2D eigenvalue weighted by molar-refractivity contribution is 9.10. The predicted octanol–water partition coefficient (Wildman–Crippen LogP) is 12.2. The maximum Gasteiger partial charge on any atom is 0.0713 e. The van der Waals surface area contributed by atoms with Crippen LogP contribution in [0.2, 0.25) is 0 Å². The molecule has 1 heterocycles. The van der Waals surface area contributed by atoms with E-state index >= 15 is 0 Å². The molecule has 47 heavy (non-hydrogen) atoms. The van der Waals surface area contributed by atoms with E-state index in [1.54, 1.807) is 0 Å². The summed E-state index contributed by atoms with van der Waals surface area (Å²) in [6.07, 6.45) is 0. The van der Waals surface area contributed by atoms with Gasteiger partial charge in [0.2, 0.25) is 0 Å². The Balaban J connectivity index is 1.29. The van der Waals surface area contributed by atoms with Gasteiger partial charge in [-0.05, 0) is 95.3 Å². The Hall–Kier alpha value is -5.18. The van der Waals surface area contributed by atoms with Gasteiger partial charge in [0.1, 0.15) is 0 Å². The summed E-state index contributed by atoms with van der Waals surface area (Å²) >= 11 is 4.00. The first-order valence-electron chi connectivity index (χ1n) is 16.2. The van der Waals surface area contributed by atoms with Crippen molar-refractivity contribution in [2.24, 2.45) is 0 Å². The Morgan fingerprint density at radius 3 is 1.83 bits per heavy atom. The number of nitrogens with zero attached hydrogens (tertiary/aromatic N) is 1. The molecule has 1 aliphatic rings. The minimum Gasteiger partial charge on any atom is -0.309 e. The monoisotopic (exact) mass is 665 g/mol. The lowest BCUT2D eigenvalue weighted by Gasteiger charge is -2.34. The molecule has 0 aliphatic heterocycles. The first-order chi connectivity index (χ1) is 23.0. The minimum atomic E-state index is -0.429. The highest BCUT2D eigenvalue weighted by atomic mass is 79.9. The molecule has 0 unspecified atom stereocenters. The summed E-state index contributed by atoms with van der Waals surface area (Å²) in [6, 6.07) is 58.4. The van der Waals surface area contributed by atoms with Crippen molar-refractivity contribution in [3.05, 3.63) is 196 Å². The van der Waals surface area contributed by atoms with Crippen LogP contribution in [-0.4, -0.2) is 4.57 Å². The van der Waals surface area contributed by atoms with Gasteiger partial charge in [-0.15, -0.1) is 0 Å². The van der Waals surface area contributed by atoms with E-state index in [9.17, 15) is 0 Å². The first kappa shape index (κ1) is 28.1. The highest BCUT2D eigenvalue weighted by Crippen LogP contribution is 2.58. The van der Waals surface area contributed by atoms with E-state index in [0.717, 1.165) is 4.47 Å². The molecule has 0 spiro atoms. The number of hydrogen-bond acceptors (Lipinski definition) is 0. The van der Waals surface area contributed by atoms with E-state index in [1.165, 1.54) is 83.1 Å². The summed E-state index contributed by atoms with van der Waals surface area (Å²) < 4.78 is 3.50. The Kier molecular flexibility index (Phi) is 6.38. The van der Waals surface area contributed by atoms with Gasteiger partial charge in [0.05, 0.1) is 16.4 Å². The van der Waals surface area contributed by atoms with Gasteiger partial charge in [-0.2, -0.15) is 0 Å². The van der Waals surface area contributed by atoms with Crippen molar-refractivity contribution in [2.45, 2.75) is 19.3 Å². The van der Waals surface area contributed by atoms with Crippen molar-refractivity contribution in [3.63, 3.8) is 0 Å². The number of benzene rings is 7. The zero-order valence-corrected chi connectivity index (χ0v) is 27.9. The van der Waals surface area contributed by atoms with Crippen molar-refractivity contribution in [1.82, 2.24) is 4.57 Å². The first-order valence-corrected chi connectivity index (χ1v) is 17.0. The number of halogens is 1. The molecule has 0 N–H and O–H groups in total. The predicted molar refractivity (Wildman–Crippen MR) is 201 cm³/mol. The van der Waals surface area contributed by atoms with Crippen LogP contribution in [0.5, 0.6) is 0 Å². The molecule has 0 amide bonds. The van der Waals surface area contributed by atoms with Gasteiger partial charge in [-0.3, -0.25) is 0 Å². The van der Waals surface area contributed by atoms with Crippen LogP contribution in [0, 0.1) is 13.8 Å². The van der Waals surface area contributed by atoms with Gasteiger partial charge >= 0.3 is 0 Å². The average molecular weight is 667 g/mol. The standard InChI is InChI=1S/C45H32BrN/c1-29-15-21-33(22-16-29)45(34-23-17-30(2)18-24-34)39-25-19-31(28-38(39)44-40(45)12-8-13-41(44)46)32-20-26-43-37(27-32)36-11-6-7-14-42(36)47(43)35-9-4-3-5-10-35/h3-28H,1-2H3. The molecule has 9 rings (SSSR count). The number of rotatable bonds is 4. The summed E-state index contributed by atoms with van der Waals surface area (Å²) in [5.74, 6) is 0. The van der Waals surface area contributed by atoms with Crippen LogP contribution in [0.1, 0.15) is 33.4 Å². The molecule has 0 bridgehead atoms. The summed E-state index contributed by atoms with van der Waals surface area (Å²) in [5, 5.41) is 2.53. The molecule has 2 heteroatoms. The summed E-state index contributed by atoms with van der Waals surface area (Å²) in [4.78, 5) is 0. The lowest BCUT2D eigenvalue weighted by Crippen LogP contribution is -2.28. The van der Waals surface area contributed by atoms with Gasteiger partial charge in [-0.1, -0.05) is 142 Å². The number of fused-ring (bicyclic) bond motifs is 6. The number of aryl methyl sites for hydroxylation is 2. The average Bonchev–Trinajstić information content (AvgIpc) is 3.60. The van der Waals surface area contributed by atoms with E-state index in [4.69, 9.17) is 0 Å². The van der Waals surface area contributed by atoms with E-state index in [-0.39, 0.29) is 0 Å². The smallest absolute Gasteiger partial charge is 0.0713 e. The fraction of sp³-hybridized carbons (Fsp3) is 0.0667. The Bertz CT molecular complexity index is 2420. The zero-order valence-electron chi connectivity index (χ0n) is 26.3. The third kappa shape index (κ3) is 4.15. The third-order valence-electron chi connectivity index (χ3n) is 10.1. The molecular weight excluding hydrogens is 634 g/mol. The molecule has 0 atom stereocenters. The fourth-order valence-corrected chi connectivity index (χ4v) is 8.50. The number of aromatic nitrogens is 1. The van der Waals surface area contributed by atoms with Crippen molar-refractivity contribution >= 4 is 37.7 Å². The summed E-state index contributed by atoms with van der Waals surface area (Å²) in [7, 11) is 0. The van der Waals surface area contributed by atoms with Crippen LogP contribution in [0.3, 0.4) is 0 Å². The van der Waals surface area contributed by atoms with E-state index in [0.29, 0.717) is 0 Å². The van der Waals surface area contributed by atoms with E-state index in [1.807, 2.05) is 0 Å². The van der Waals surface area contributed by atoms with Crippen molar-refractivity contribution in [2.75, 3.05) is 0 Å². The van der Waals surface area contributed by atoms with Crippen LogP contribution in [0.4, 0.5) is 0 Å². The molecule has 0 fully saturated rings. The van der Waals surface area contributed by atoms with Crippen LogP contribution in [0.25, 0.3) is 49.7 Å². The zero-order chi connectivity index (χ0) is 31.7. The van der Waals surface area contributed by atoms with Gasteiger partial charge in [0, 0.05) is 26.5 Å². The SMILES string of the molecule is Cc1ccc(C2(c3ccc(C)cc3)c3ccc(-c4ccc5c(c4)c4ccccc4n5-c4ccccc4)cc3-c3c(Br)cccc32)cc1. The molecule has 7 aromatic carbocycles. The van der Waals surface area contributed by atoms with Crippen molar-refractivity contribution < 1.29 is 0 Å². The second kappa shape index (κ2) is 10.7. The Labute approximate surface area is 283 Å². The van der Waals surface area contributed by atoms with Gasteiger partial charge in [-0.25, -0.2) is 0 Å². The topological polar surface area (TPSA) is 4.93 Å². The lowest BCUT2D eigenvalue weighted by molar-refractivity contribution is 0.767.